The van der Waals surface area contributed by atoms with Gasteiger partial charge in [0, 0.05) is 24.0 Å². The van der Waals surface area contributed by atoms with Crippen molar-refractivity contribution in [3.05, 3.63) is 58.6 Å². The van der Waals surface area contributed by atoms with E-state index in [-0.39, 0.29) is 11.5 Å². The predicted molar refractivity (Wildman–Crippen MR) is 99.6 cm³/mol. The lowest BCUT2D eigenvalue weighted by Crippen LogP contribution is -2.29. The number of amidine groups is 1. The van der Waals surface area contributed by atoms with E-state index in [1.807, 2.05) is 6.92 Å². The monoisotopic (exact) mass is 378 g/mol. The number of nitrogens with zero attached hydrogens (tertiary/aromatic N) is 2. The molecule has 2 aromatic rings. The third-order valence-corrected chi connectivity index (χ3v) is 5.38. The first-order valence-electron chi connectivity index (χ1n) is 7.59. The Morgan fingerprint density at radius 1 is 1.40 bits per heavy atom. The number of thioether (sulfide) groups is 1. The van der Waals surface area contributed by atoms with Crippen LogP contribution in [0.15, 0.2) is 41.5 Å². The van der Waals surface area contributed by atoms with Crippen LogP contribution in [-0.4, -0.2) is 22.6 Å². The van der Waals surface area contributed by atoms with Crippen LogP contribution in [-0.2, 0) is 4.75 Å². The number of amides is 1. The van der Waals surface area contributed by atoms with Gasteiger partial charge in [-0.05, 0) is 43.7 Å². The summed E-state index contributed by atoms with van der Waals surface area (Å²) in [4.78, 5) is 20.4. The van der Waals surface area contributed by atoms with E-state index in [9.17, 15) is 9.18 Å². The molecule has 1 aliphatic heterocycles. The highest BCUT2D eigenvalue weighted by Gasteiger charge is 2.34. The Bertz CT molecular complexity index is 843. The Balaban J connectivity index is 1.85. The molecular formula is C17H16ClFN4OS. The van der Waals surface area contributed by atoms with E-state index in [0.717, 1.165) is 0 Å². The molecule has 5 nitrogen and oxygen atoms in total. The van der Waals surface area contributed by atoms with Crippen LogP contribution in [0.3, 0.4) is 0 Å². The van der Waals surface area contributed by atoms with E-state index in [0.29, 0.717) is 34.4 Å². The van der Waals surface area contributed by atoms with Crippen molar-refractivity contribution in [1.82, 2.24) is 4.98 Å². The quantitative estimate of drug-likeness (QED) is 0.851. The first kappa shape index (κ1) is 17.7. The van der Waals surface area contributed by atoms with Crippen LogP contribution < -0.4 is 11.1 Å². The Morgan fingerprint density at radius 3 is 2.88 bits per heavy atom. The Labute approximate surface area is 153 Å². The molecule has 3 N–H and O–H groups in total. The summed E-state index contributed by atoms with van der Waals surface area (Å²) >= 11 is 7.10. The molecule has 1 atom stereocenters. The number of nitrogens with one attached hydrogen (secondary N) is 1. The Hall–Kier alpha value is -2.12. The second-order valence-corrected chi connectivity index (χ2v) is 7.77. The maximum Gasteiger partial charge on any atom is 0.274 e. The first-order valence-corrected chi connectivity index (χ1v) is 8.79. The van der Waals surface area contributed by atoms with Crippen LogP contribution in [0.1, 0.15) is 29.4 Å². The van der Waals surface area contributed by atoms with Gasteiger partial charge in [0.1, 0.15) is 11.5 Å². The van der Waals surface area contributed by atoms with Gasteiger partial charge in [-0.15, -0.1) is 0 Å². The fourth-order valence-electron chi connectivity index (χ4n) is 2.60. The number of aliphatic imine (C=N–C) groups is 1. The number of hydrogen-bond acceptors (Lipinski definition) is 5. The highest BCUT2D eigenvalue weighted by Crippen LogP contribution is 2.43. The normalized spacial score (nSPS) is 20.0. The number of anilines is 1. The van der Waals surface area contributed by atoms with Gasteiger partial charge in [-0.1, -0.05) is 23.4 Å². The molecule has 0 aliphatic carbocycles. The number of pyridine rings is 1. The summed E-state index contributed by atoms with van der Waals surface area (Å²) in [5.74, 6) is -0.732. The maximum atomic E-state index is 14.4. The van der Waals surface area contributed by atoms with Gasteiger partial charge in [-0.3, -0.25) is 9.79 Å². The predicted octanol–water partition coefficient (Wildman–Crippen LogP) is 3.79. The summed E-state index contributed by atoms with van der Waals surface area (Å²) < 4.78 is 13.9. The van der Waals surface area contributed by atoms with Gasteiger partial charge in [0.2, 0.25) is 0 Å². The molecule has 8 heteroatoms. The molecule has 2 heterocycles. The van der Waals surface area contributed by atoms with E-state index in [4.69, 9.17) is 17.3 Å². The molecule has 0 unspecified atom stereocenters. The smallest absolute Gasteiger partial charge is 0.274 e. The van der Waals surface area contributed by atoms with Crippen molar-refractivity contribution >= 4 is 40.1 Å². The largest absolute Gasteiger partial charge is 0.379 e. The summed E-state index contributed by atoms with van der Waals surface area (Å²) in [6.07, 6.45) is 2.06. The lowest BCUT2D eigenvalue weighted by atomic mass is 9.95. The number of halogens is 2. The summed E-state index contributed by atoms with van der Waals surface area (Å²) in [6.45, 7) is 2.46. The Morgan fingerprint density at radius 2 is 2.20 bits per heavy atom. The van der Waals surface area contributed by atoms with Crippen molar-refractivity contribution in [3.63, 3.8) is 0 Å². The molecule has 0 bridgehead atoms. The van der Waals surface area contributed by atoms with Crippen molar-refractivity contribution < 1.29 is 9.18 Å². The molecule has 0 saturated carbocycles. The van der Waals surface area contributed by atoms with E-state index >= 15 is 0 Å². The van der Waals surface area contributed by atoms with Gasteiger partial charge in [-0.25, -0.2) is 9.37 Å². The lowest BCUT2D eigenvalue weighted by Gasteiger charge is -2.32. The molecule has 130 valence electrons. The number of aromatic nitrogens is 1. The summed E-state index contributed by atoms with van der Waals surface area (Å²) in [5, 5.41) is 3.62. The van der Waals surface area contributed by atoms with Gasteiger partial charge < -0.3 is 11.1 Å². The van der Waals surface area contributed by atoms with Crippen LogP contribution in [0.25, 0.3) is 0 Å². The highest BCUT2D eigenvalue weighted by molar-refractivity contribution is 8.14. The molecule has 0 radical (unpaired) electrons. The van der Waals surface area contributed by atoms with Crippen LogP contribution in [0.4, 0.5) is 10.1 Å². The molecule has 0 spiro atoms. The van der Waals surface area contributed by atoms with Gasteiger partial charge in [-0.2, -0.15) is 0 Å². The summed E-state index contributed by atoms with van der Waals surface area (Å²) in [6, 6.07) is 7.60. The van der Waals surface area contributed by atoms with Crippen molar-refractivity contribution in [2.24, 2.45) is 10.7 Å². The van der Waals surface area contributed by atoms with Crippen LogP contribution in [0.2, 0.25) is 5.02 Å². The standard InChI is InChI=1S/C17H16ClFN4OS/c1-17(6-7-21-16(20)25-17)12-8-11(3-4-13(12)19)23-15(24)14-5-2-10(18)9-22-14/h2-5,8-9H,6-7H2,1H3,(H2,20,21)(H,23,24)/t17-/m0/s1. The van der Waals surface area contributed by atoms with Crippen molar-refractivity contribution in [3.8, 4) is 0 Å². The van der Waals surface area contributed by atoms with E-state index in [1.54, 1.807) is 12.1 Å². The zero-order valence-corrected chi connectivity index (χ0v) is 15.0. The minimum atomic E-state index is -0.533. The van der Waals surface area contributed by atoms with Gasteiger partial charge in [0.15, 0.2) is 5.17 Å². The maximum absolute atomic E-state index is 14.4. The molecule has 0 fully saturated rings. The summed E-state index contributed by atoms with van der Waals surface area (Å²) in [7, 11) is 0. The van der Waals surface area contributed by atoms with Gasteiger partial charge in [0.25, 0.3) is 5.91 Å². The number of rotatable bonds is 3. The highest BCUT2D eigenvalue weighted by atomic mass is 35.5. The Kier molecular flexibility index (Phi) is 4.96. The zero-order valence-electron chi connectivity index (χ0n) is 13.4. The number of hydrogen-bond donors (Lipinski definition) is 2. The zero-order chi connectivity index (χ0) is 18.0. The molecule has 1 aliphatic rings. The second-order valence-electron chi connectivity index (χ2n) is 5.81. The minimum absolute atomic E-state index is 0.227. The van der Waals surface area contributed by atoms with E-state index in [2.05, 4.69) is 15.3 Å². The third kappa shape index (κ3) is 3.93. The first-order chi connectivity index (χ1) is 11.9. The molecule has 1 aromatic heterocycles. The van der Waals surface area contributed by atoms with Crippen LogP contribution >= 0.6 is 23.4 Å². The molecular weight excluding hydrogens is 363 g/mol. The number of carbonyl (C=O) groups is 1. The number of benzene rings is 1. The average molecular weight is 379 g/mol. The molecule has 1 aromatic carbocycles. The topological polar surface area (TPSA) is 80.4 Å². The summed E-state index contributed by atoms with van der Waals surface area (Å²) in [5.41, 5.74) is 7.00. The number of nitrogens with two attached hydrogens (primary N) is 1. The van der Waals surface area contributed by atoms with Crippen molar-refractivity contribution in [2.75, 3.05) is 11.9 Å². The minimum Gasteiger partial charge on any atom is -0.379 e. The SMILES string of the molecule is C[C@@]1(c2cc(NC(=O)c3ccc(Cl)cn3)ccc2F)CCN=C(N)S1. The third-order valence-electron chi connectivity index (χ3n) is 3.94. The van der Waals surface area contributed by atoms with Crippen molar-refractivity contribution in [1.29, 1.82) is 0 Å². The van der Waals surface area contributed by atoms with Crippen LogP contribution in [0.5, 0.6) is 0 Å². The molecule has 1 amide bonds. The second kappa shape index (κ2) is 7.01. The van der Waals surface area contributed by atoms with E-state index in [1.165, 1.54) is 36.2 Å². The fraction of sp³-hybridized carbons (Fsp3) is 0.235. The van der Waals surface area contributed by atoms with Crippen molar-refractivity contribution in [2.45, 2.75) is 18.1 Å². The lowest BCUT2D eigenvalue weighted by molar-refractivity contribution is 0.102. The number of carbonyl (C=O) groups excluding carboxylic acids is 1. The molecule has 25 heavy (non-hydrogen) atoms. The van der Waals surface area contributed by atoms with Gasteiger partial charge >= 0.3 is 0 Å². The fourth-order valence-corrected chi connectivity index (χ4v) is 3.79. The molecule has 0 saturated heterocycles. The van der Waals surface area contributed by atoms with Gasteiger partial charge in [0.05, 0.1) is 9.77 Å². The van der Waals surface area contributed by atoms with Crippen LogP contribution in [0, 0.1) is 5.82 Å². The molecule has 3 rings (SSSR count). The average Bonchev–Trinajstić information content (AvgIpc) is 2.57. The van der Waals surface area contributed by atoms with E-state index < -0.39 is 10.7 Å².